The van der Waals surface area contributed by atoms with E-state index >= 15 is 0 Å². The SMILES string of the molecule is CCn1c(SCC(=O)N2CCN(c3ccc(Cl)cc3)CC2)nnc1-c1cccc(C)c1. The third-order valence-corrected chi connectivity index (χ3v) is 6.66. The van der Waals surface area contributed by atoms with Crippen LogP contribution in [0.15, 0.2) is 53.7 Å². The maximum Gasteiger partial charge on any atom is 0.233 e. The van der Waals surface area contributed by atoms with Crippen molar-refractivity contribution in [3.8, 4) is 11.4 Å². The molecule has 1 aliphatic rings. The van der Waals surface area contributed by atoms with E-state index in [1.165, 1.54) is 17.3 Å². The molecule has 0 atom stereocenters. The number of benzene rings is 2. The lowest BCUT2D eigenvalue weighted by Gasteiger charge is -2.36. The molecule has 0 radical (unpaired) electrons. The van der Waals surface area contributed by atoms with Crippen molar-refractivity contribution in [1.29, 1.82) is 0 Å². The van der Waals surface area contributed by atoms with Crippen LogP contribution in [-0.2, 0) is 11.3 Å². The van der Waals surface area contributed by atoms with Gasteiger partial charge in [0.05, 0.1) is 5.75 Å². The molecule has 1 fully saturated rings. The Kier molecular flexibility index (Phi) is 6.83. The number of rotatable bonds is 6. The molecule has 0 spiro atoms. The van der Waals surface area contributed by atoms with Crippen LogP contribution < -0.4 is 4.90 Å². The summed E-state index contributed by atoms with van der Waals surface area (Å²) < 4.78 is 2.07. The highest BCUT2D eigenvalue weighted by Gasteiger charge is 2.22. The molecule has 1 amide bonds. The van der Waals surface area contributed by atoms with Gasteiger partial charge >= 0.3 is 0 Å². The van der Waals surface area contributed by atoms with Crippen LogP contribution in [0.4, 0.5) is 5.69 Å². The van der Waals surface area contributed by atoms with Crippen LogP contribution >= 0.6 is 23.4 Å². The van der Waals surface area contributed by atoms with Gasteiger partial charge in [-0.05, 0) is 44.2 Å². The average Bonchev–Trinajstić information content (AvgIpc) is 3.21. The highest BCUT2D eigenvalue weighted by Crippen LogP contribution is 2.25. The van der Waals surface area contributed by atoms with Gasteiger partial charge < -0.3 is 14.4 Å². The Labute approximate surface area is 192 Å². The van der Waals surface area contributed by atoms with E-state index in [2.05, 4.69) is 45.6 Å². The number of piperazine rings is 1. The molecule has 2 aromatic carbocycles. The lowest BCUT2D eigenvalue weighted by Crippen LogP contribution is -2.49. The lowest BCUT2D eigenvalue weighted by atomic mass is 10.1. The van der Waals surface area contributed by atoms with Crippen LogP contribution in [0.5, 0.6) is 0 Å². The molecule has 8 heteroatoms. The number of hydrogen-bond donors (Lipinski definition) is 0. The van der Waals surface area contributed by atoms with E-state index in [1.54, 1.807) is 0 Å². The highest BCUT2D eigenvalue weighted by atomic mass is 35.5. The third kappa shape index (κ3) is 5.05. The van der Waals surface area contributed by atoms with E-state index in [1.807, 2.05) is 41.3 Å². The molecule has 162 valence electrons. The van der Waals surface area contributed by atoms with Gasteiger partial charge in [0.2, 0.25) is 5.91 Å². The number of aromatic nitrogens is 3. The van der Waals surface area contributed by atoms with E-state index in [4.69, 9.17) is 11.6 Å². The van der Waals surface area contributed by atoms with Gasteiger partial charge in [-0.25, -0.2) is 0 Å². The van der Waals surface area contributed by atoms with E-state index in [0.717, 1.165) is 60.0 Å². The summed E-state index contributed by atoms with van der Waals surface area (Å²) in [7, 11) is 0. The maximum absolute atomic E-state index is 12.8. The van der Waals surface area contributed by atoms with Crippen molar-refractivity contribution in [3.63, 3.8) is 0 Å². The number of thioether (sulfide) groups is 1. The van der Waals surface area contributed by atoms with Crippen LogP contribution in [0.1, 0.15) is 12.5 Å². The summed E-state index contributed by atoms with van der Waals surface area (Å²) in [5.41, 5.74) is 3.38. The molecule has 4 rings (SSSR count). The summed E-state index contributed by atoms with van der Waals surface area (Å²) in [6.45, 7) is 7.98. The zero-order valence-electron chi connectivity index (χ0n) is 17.8. The number of hydrogen-bond acceptors (Lipinski definition) is 5. The molecule has 31 heavy (non-hydrogen) atoms. The summed E-state index contributed by atoms with van der Waals surface area (Å²) in [6.07, 6.45) is 0. The summed E-state index contributed by atoms with van der Waals surface area (Å²) >= 11 is 7.44. The molecular weight excluding hydrogens is 430 g/mol. The van der Waals surface area contributed by atoms with Crippen molar-refractivity contribution < 1.29 is 4.79 Å². The van der Waals surface area contributed by atoms with Crippen molar-refractivity contribution in [3.05, 3.63) is 59.1 Å². The second kappa shape index (κ2) is 9.75. The minimum atomic E-state index is 0.142. The van der Waals surface area contributed by atoms with Gasteiger partial charge in [-0.1, -0.05) is 47.1 Å². The minimum absolute atomic E-state index is 0.142. The molecule has 2 heterocycles. The number of amides is 1. The fourth-order valence-corrected chi connectivity index (χ4v) is 4.79. The van der Waals surface area contributed by atoms with E-state index in [-0.39, 0.29) is 5.91 Å². The fraction of sp³-hybridized carbons (Fsp3) is 0.348. The highest BCUT2D eigenvalue weighted by molar-refractivity contribution is 7.99. The molecule has 0 bridgehead atoms. The smallest absolute Gasteiger partial charge is 0.233 e. The third-order valence-electron chi connectivity index (χ3n) is 5.46. The first-order valence-electron chi connectivity index (χ1n) is 10.5. The average molecular weight is 456 g/mol. The normalized spacial score (nSPS) is 14.2. The van der Waals surface area contributed by atoms with Crippen LogP contribution in [0, 0.1) is 6.92 Å². The Bertz CT molecular complexity index is 1040. The number of aryl methyl sites for hydroxylation is 1. The molecule has 0 aliphatic carbocycles. The van der Waals surface area contributed by atoms with Crippen LogP contribution in [0.3, 0.4) is 0 Å². The van der Waals surface area contributed by atoms with Gasteiger partial charge in [-0.15, -0.1) is 10.2 Å². The minimum Gasteiger partial charge on any atom is -0.368 e. The van der Waals surface area contributed by atoms with Crippen molar-refractivity contribution in [1.82, 2.24) is 19.7 Å². The second-order valence-corrected chi connectivity index (χ2v) is 8.93. The molecule has 1 saturated heterocycles. The van der Waals surface area contributed by atoms with Crippen LogP contribution in [0.2, 0.25) is 5.02 Å². The van der Waals surface area contributed by atoms with Crippen molar-refractivity contribution >= 4 is 35.0 Å². The van der Waals surface area contributed by atoms with Crippen LogP contribution in [0.25, 0.3) is 11.4 Å². The Balaban J connectivity index is 1.35. The Morgan fingerprint density at radius 1 is 1.06 bits per heavy atom. The topological polar surface area (TPSA) is 54.3 Å². The number of halogens is 1. The quantitative estimate of drug-likeness (QED) is 0.516. The van der Waals surface area contributed by atoms with Gasteiger partial charge in [-0.2, -0.15) is 0 Å². The number of carbonyl (C=O) groups excluding carboxylic acids is 1. The van der Waals surface area contributed by atoms with Gasteiger partial charge in [0.1, 0.15) is 0 Å². The molecule has 0 saturated carbocycles. The summed E-state index contributed by atoms with van der Waals surface area (Å²) in [5.74, 6) is 1.36. The van der Waals surface area contributed by atoms with Gasteiger partial charge in [0.25, 0.3) is 0 Å². The van der Waals surface area contributed by atoms with Gasteiger partial charge in [0.15, 0.2) is 11.0 Å². The second-order valence-electron chi connectivity index (χ2n) is 7.55. The number of anilines is 1. The standard InChI is InChI=1S/C23H26ClN5OS/c1-3-29-22(18-6-4-5-17(2)15-18)25-26-23(29)31-16-21(30)28-13-11-27(12-14-28)20-9-7-19(24)8-10-20/h4-10,15H,3,11-14,16H2,1-2H3. The van der Waals surface area contributed by atoms with Gasteiger partial charge in [-0.3, -0.25) is 4.79 Å². The predicted molar refractivity (Wildman–Crippen MR) is 127 cm³/mol. The Morgan fingerprint density at radius 2 is 1.81 bits per heavy atom. The van der Waals surface area contributed by atoms with E-state index < -0.39 is 0 Å². The first-order valence-corrected chi connectivity index (χ1v) is 11.8. The molecule has 3 aromatic rings. The summed E-state index contributed by atoms with van der Waals surface area (Å²) in [5, 5.41) is 10.3. The first kappa shape index (κ1) is 21.7. The largest absolute Gasteiger partial charge is 0.368 e. The van der Waals surface area contributed by atoms with Crippen LogP contribution in [-0.4, -0.2) is 57.5 Å². The number of carbonyl (C=O) groups is 1. The Morgan fingerprint density at radius 3 is 2.48 bits per heavy atom. The lowest BCUT2D eigenvalue weighted by molar-refractivity contribution is -0.128. The van der Waals surface area contributed by atoms with E-state index in [9.17, 15) is 4.79 Å². The van der Waals surface area contributed by atoms with Crippen molar-refractivity contribution in [2.45, 2.75) is 25.5 Å². The van der Waals surface area contributed by atoms with Gasteiger partial charge in [0, 0.05) is 49.0 Å². The zero-order chi connectivity index (χ0) is 21.8. The maximum atomic E-state index is 12.8. The zero-order valence-corrected chi connectivity index (χ0v) is 19.4. The fourth-order valence-electron chi connectivity index (χ4n) is 3.76. The number of nitrogens with zero attached hydrogens (tertiary/aromatic N) is 5. The summed E-state index contributed by atoms with van der Waals surface area (Å²) in [4.78, 5) is 17.0. The molecule has 0 unspecified atom stereocenters. The molecular formula is C23H26ClN5OS. The van der Waals surface area contributed by atoms with Crippen molar-refractivity contribution in [2.24, 2.45) is 0 Å². The Hall–Kier alpha value is -2.51. The summed E-state index contributed by atoms with van der Waals surface area (Å²) in [6, 6.07) is 16.1. The predicted octanol–water partition coefficient (Wildman–Crippen LogP) is 4.37. The van der Waals surface area contributed by atoms with E-state index in [0.29, 0.717) is 5.75 Å². The van der Waals surface area contributed by atoms with Crippen molar-refractivity contribution in [2.75, 3.05) is 36.8 Å². The molecule has 1 aliphatic heterocycles. The molecule has 6 nitrogen and oxygen atoms in total. The molecule has 1 aromatic heterocycles. The molecule has 0 N–H and O–H groups in total. The first-order chi connectivity index (χ1) is 15.0. The monoisotopic (exact) mass is 455 g/mol.